The molecule has 0 bridgehead atoms. The molecule has 0 fully saturated rings. The Morgan fingerprint density at radius 1 is 1.08 bits per heavy atom. The maximum absolute atomic E-state index is 4.54. The molecule has 0 heterocycles. The van der Waals surface area contributed by atoms with Crippen LogP contribution in [0.2, 0.25) is 0 Å². The molecule has 0 radical (unpaired) electrons. The smallest absolute Gasteiger partial charge is 0.0357 e. The van der Waals surface area contributed by atoms with Gasteiger partial charge in [0.15, 0.2) is 0 Å². The zero-order valence-corrected chi connectivity index (χ0v) is 18.8. The molecular formula is C22H36IN. The maximum atomic E-state index is 4.54. The minimum atomic E-state index is 0.408. The summed E-state index contributed by atoms with van der Waals surface area (Å²) in [5, 5.41) is 0. The fourth-order valence-electron chi connectivity index (χ4n) is 3.32. The first-order chi connectivity index (χ1) is 11.5. The molecule has 0 saturated heterocycles. The molecule has 1 nitrogen and oxygen atoms in total. The largest absolute Gasteiger partial charge is 0.298 e. The number of alkyl halides is 1. The van der Waals surface area contributed by atoms with Gasteiger partial charge < -0.3 is 0 Å². The standard InChI is InChI=1S/C22H36IN/c1-8-12-18(6)22(20(13-9-2)14-15-23)21(17(5)10-3)19(7)16-24-11-4/h9-10,12-14,16,19,21-22H,8,11,15H2,1-7H3/b13-9-,17-10+,18-12+,20-14+,24-16-. The lowest BCUT2D eigenvalue weighted by molar-refractivity contribution is 0.422. The number of halogens is 1. The van der Waals surface area contributed by atoms with Crippen LogP contribution in [-0.4, -0.2) is 17.2 Å². The molecule has 0 saturated carbocycles. The summed E-state index contributed by atoms with van der Waals surface area (Å²) in [7, 11) is 0. The van der Waals surface area contributed by atoms with Crippen molar-refractivity contribution in [2.45, 2.75) is 54.9 Å². The van der Waals surface area contributed by atoms with Crippen molar-refractivity contribution in [2.24, 2.45) is 22.7 Å². The molecule has 0 N–H and O–H groups in total. The van der Waals surface area contributed by atoms with Crippen LogP contribution in [0.4, 0.5) is 0 Å². The van der Waals surface area contributed by atoms with Crippen molar-refractivity contribution in [2.75, 3.05) is 11.0 Å². The summed E-state index contributed by atoms with van der Waals surface area (Å²) < 4.78 is 1.03. The van der Waals surface area contributed by atoms with Crippen LogP contribution in [0.3, 0.4) is 0 Å². The molecule has 0 rings (SSSR count). The molecule has 0 spiro atoms. The van der Waals surface area contributed by atoms with Gasteiger partial charge in [0.25, 0.3) is 0 Å². The fourth-order valence-corrected chi connectivity index (χ4v) is 3.83. The van der Waals surface area contributed by atoms with Gasteiger partial charge in [0.1, 0.15) is 0 Å². The van der Waals surface area contributed by atoms with E-state index in [9.17, 15) is 0 Å². The van der Waals surface area contributed by atoms with Gasteiger partial charge in [-0.05, 0) is 58.4 Å². The predicted octanol–water partition coefficient (Wildman–Crippen LogP) is 7.21. The lowest BCUT2D eigenvalue weighted by Gasteiger charge is -2.33. The van der Waals surface area contributed by atoms with E-state index in [1.807, 2.05) is 0 Å². The Morgan fingerprint density at radius 3 is 2.21 bits per heavy atom. The number of hydrogen-bond donors (Lipinski definition) is 0. The molecule has 2 heteroatoms. The highest BCUT2D eigenvalue weighted by molar-refractivity contribution is 14.1. The minimum Gasteiger partial charge on any atom is -0.298 e. The van der Waals surface area contributed by atoms with Crippen LogP contribution < -0.4 is 0 Å². The molecule has 136 valence electrons. The van der Waals surface area contributed by atoms with Gasteiger partial charge in [-0.3, -0.25) is 4.99 Å². The van der Waals surface area contributed by atoms with Gasteiger partial charge in [-0.2, -0.15) is 0 Å². The second kappa shape index (κ2) is 13.6. The topological polar surface area (TPSA) is 12.4 Å². The van der Waals surface area contributed by atoms with E-state index >= 15 is 0 Å². The van der Waals surface area contributed by atoms with E-state index in [0.717, 1.165) is 17.4 Å². The number of aliphatic imine (C=N–C) groups is 1. The first-order valence-electron chi connectivity index (χ1n) is 9.16. The van der Waals surface area contributed by atoms with Crippen LogP contribution >= 0.6 is 22.6 Å². The Balaban J connectivity index is 6.22. The molecule has 0 aromatic carbocycles. The van der Waals surface area contributed by atoms with E-state index in [4.69, 9.17) is 0 Å². The van der Waals surface area contributed by atoms with Crippen molar-refractivity contribution in [3.8, 4) is 0 Å². The van der Waals surface area contributed by atoms with Gasteiger partial charge in [-0.1, -0.05) is 78.0 Å². The van der Waals surface area contributed by atoms with E-state index in [2.05, 4.69) is 113 Å². The molecule has 3 atom stereocenters. The molecular weight excluding hydrogens is 405 g/mol. The summed E-state index contributed by atoms with van der Waals surface area (Å²) in [4.78, 5) is 4.54. The summed E-state index contributed by atoms with van der Waals surface area (Å²) in [5.41, 5.74) is 4.34. The third-order valence-corrected chi connectivity index (χ3v) is 4.92. The van der Waals surface area contributed by atoms with Gasteiger partial charge in [0, 0.05) is 23.1 Å². The Morgan fingerprint density at radius 2 is 1.75 bits per heavy atom. The zero-order valence-electron chi connectivity index (χ0n) is 16.6. The predicted molar refractivity (Wildman–Crippen MR) is 120 cm³/mol. The van der Waals surface area contributed by atoms with Crippen molar-refractivity contribution in [1.82, 2.24) is 0 Å². The molecule has 3 unspecified atom stereocenters. The first-order valence-corrected chi connectivity index (χ1v) is 10.7. The lowest BCUT2D eigenvalue weighted by atomic mass is 9.71. The lowest BCUT2D eigenvalue weighted by Crippen LogP contribution is -2.26. The molecule has 0 aliphatic heterocycles. The van der Waals surface area contributed by atoms with Crippen LogP contribution in [0.1, 0.15) is 54.9 Å². The normalized spacial score (nSPS) is 18.4. The number of allylic oxidation sites excluding steroid dienone is 8. The maximum Gasteiger partial charge on any atom is 0.0357 e. The second-order valence-electron chi connectivity index (χ2n) is 6.26. The molecule has 0 aliphatic carbocycles. The Kier molecular flexibility index (Phi) is 13.3. The van der Waals surface area contributed by atoms with Gasteiger partial charge >= 0.3 is 0 Å². The summed E-state index contributed by atoms with van der Waals surface area (Å²) >= 11 is 2.44. The van der Waals surface area contributed by atoms with E-state index in [1.54, 1.807) is 0 Å². The van der Waals surface area contributed by atoms with Crippen molar-refractivity contribution >= 4 is 28.8 Å². The molecule has 0 aromatic rings. The van der Waals surface area contributed by atoms with E-state index in [1.165, 1.54) is 16.7 Å². The van der Waals surface area contributed by atoms with E-state index < -0.39 is 0 Å². The third kappa shape index (κ3) is 7.50. The SMILES string of the molecule is C/C=C\C(=C/CI)C(/C(C)=C/CC)C(/C(C)=C/C)C(C)/C=N\CC. The molecule has 0 aliphatic rings. The van der Waals surface area contributed by atoms with Crippen LogP contribution in [0, 0.1) is 17.8 Å². The summed E-state index contributed by atoms with van der Waals surface area (Å²) in [6.07, 6.45) is 14.7. The quantitative estimate of drug-likeness (QED) is 0.112. The average Bonchev–Trinajstić information content (AvgIpc) is 2.56. The number of nitrogens with zero attached hydrogens (tertiary/aromatic N) is 1. The Hall–Kier alpha value is -0.640. The zero-order chi connectivity index (χ0) is 18.5. The van der Waals surface area contributed by atoms with E-state index in [-0.39, 0.29) is 0 Å². The Bertz CT molecular complexity index is 494. The highest BCUT2D eigenvalue weighted by Gasteiger charge is 2.30. The van der Waals surface area contributed by atoms with Gasteiger partial charge in [0.2, 0.25) is 0 Å². The van der Waals surface area contributed by atoms with Gasteiger partial charge in [-0.25, -0.2) is 0 Å². The molecule has 0 amide bonds. The van der Waals surface area contributed by atoms with Gasteiger partial charge in [-0.15, -0.1) is 0 Å². The molecule has 24 heavy (non-hydrogen) atoms. The second-order valence-corrected chi connectivity index (χ2v) is 7.14. The minimum absolute atomic E-state index is 0.408. The monoisotopic (exact) mass is 441 g/mol. The highest BCUT2D eigenvalue weighted by atomic mass is 127. The van der Waals surface area contributed by atoms with Crippen LogP contribution in [-0.2, 0) is 0 Å². The van der Waals surface area contributed by atoms with E-state index in [0.29, 0.717) is 17.8 Å². The number of rotatable bonds is 10. The summed E-state index contributed by atoms with van der Waals surface area (Å²) in [6, 6.07) is 0. The fraction of sp³-hybridized carbons (Fsp3) is 0.591. The van der Waals surface area contributed by atoms with Crippen LogP contribution in [0.5, 0.6) is 0 Å². The summed E-state index contributed by atoms with van der Waals surface area (Å²) in [5.74, 6) is 1.26. The van der Waals surface area contributed by atoms with Crippen molar-refractivity contribution < 1.29 is 0 Å². The highest BCUT2D eigenvalue weighted by Crippen LogP contribution is 2.38. The average molecular weight is 441 g/mol. The van der Waals surface area contributed by atoms with Gasteiger partial charge in [0.05, 0.1) is 0 Å². The first kappa shape index (κ1) is 23.4. The van der Waals surface area contributed by atoms with Crippen molar-refractivity contribution in [1.29, 1.82) is 0 Å². The number of hydrogen-bond acceptors (Lipinski definition) is 1. The van der Waals surface area contributed by atoms with Crippen LogP contribution in [0.25, 0.3) is 0 Å². The van der Waals surface area contributed by atoms with Crippen molar-refractivity contribution in [3.05, 3.63) is 47.1 Å². The summed E-state index contributed by atoms with van der Waals surface area (Å²) in [6.45, 7) is 16.3. The molecule has 0 aromatic heterocycles. The van der Waals surface area contributed by atoms with Crippen molar-refractivity contribution in [3.63, 3.8) is 0 Å². The Labute approximate surface area is 164 Å². The third-order valence-electron chi connectivity index (χ3n) is 4.48. The van der Waals surface area contributed by atoms with Crippen LogP contribution in [0.15, 0.2) is 52.1 Å².